The second-order valence-electron chi connectivity index (χ2n) is 5.84. The average molecular weight is 400 g/mol. The van der Waals surface area contributed by atoms with Gasteiger partial charge in [0.05, 0.1) is 11.3 Å². The van der Waals surface area contributed by atoms with Crippen LogP contribution in [-0.4, -0.2) is 26.4 Å². The van der Waals surface area contributed by atoms with Crippen molar-refractivity contribution in [2.24, 2.45) is 0 Å². The summed E-state index contributed by atoms with van der Waals surface area (Å²) >= 11 is 1.17. The van der Waals surface area contributed by atoms with E-state index in [0.717, 1.165) is 0 Å². The zero-order valence-electron chi connectivity index (χ0n) is 14.9. The number of nitrogens with one attached hydrogen (secondary N) is 1. The summed E-state index contributed by atoms with van der Waals surface area (Å²) in [6.07, 6.45) is 1.65. The summed E-state index contributed by atoms with van der Waals surface area (Å²) in [4.78, 5) is 12.1. The Morgan fingerprint density at radius 3 is 2.54 bits per heavy atom. The highest BCUT2D eigenvalue weighted by Crippen LogP contribution is 2.25. The molecule has 2 aromatic carbocycles. The van der Waals surface area contributed by atoms with E-state index in [1.54, 1.807) is 47.0 Å². The van der Waals surface area contributed by atoms with Gasteiger partial charge in [0.1, 0.15) is 11.6 Å². The Morgan fingerprint density at radius 2 is 1.82 bits per heavy atom. The van der Waals surface area contributed by atoms with Crippen molar-refractivity contribution >= 4 is 17.7 Å². The van der Waals surface area contributed by atoms with Crippen LogP contribution in [0.5, 0.6) is 0 Å². The minimum Gasteiger partial charge on any atom is -0.351 e. The zero-order valence-corrected chi connectivity index (χ0v) is 15.8. The van der Waals surface area contributed by atoms with Gasteiger partial charge < -0.3 is 5.32 Å². The van der Waals surface area contributed by atoms with Crippen molar-refractivity contribution in [3.8, 4) is 11.4 Å². The highest BCUT2D eigenvalue weighted by Gasteiger charge is 2.17. The molecule has 0 radical (unpaired) electrons. The van der Waals surface area contributed by atoms with Gasteiger partial charge in [0.15, 0.2) is 11.0 Å². The third-order valence-electron chi connectivity index (χ3n) is 3.91. The first-order valence-corrected chi connectivity index (χ1v) is 9.50. The van der Waals surface area contributed by atoms with Gasteiger partial charge in [-0.3, -0.25) is 9.36 Å². The van der Waals surface area contributed by atoms with Crippen LogP contribution in [-0.2, 0) is 17.9 Å². The van der Waals surface area contributed by atoms with Gasteiger partial charge in [0.2, 0.25) is 5.91 Å². The fraction of sp³-hybridized carbons (Fsp3) is 0.150. The van der Waals surface area contributed by atoms with E-state index in [1.807, 2.05) is 0 Å². The van der Waals surface area contributed by atoms with Crippen molar-refractivity contribution in [1.82, 2.24) is 20.1 Å². The van der Waals surface area contributed by atoms with E-state index in [0.29, 0.717) is 28.7 Å². The van der Waals surface area contributed by atoms with Crippen LogP contribution in [0, 0.1) is 11.6 Å². The predicted octanol–water partition coefficient (Wildman–Crippen LogP) is 3.82. The standard InChI is InChI=1S/C20H18F2N4OS/c1-2-11-26-19(15-8-4-6-10-17(15)22)24-25-20(26)28-13-18(27)23-12-14-7-3-5-9-16(14)21/h2-10H,1,11-13H2,(H,23,27). The number of nitrogens with zero attached hydrogens (tertiary/aromatic N) is 3. The van der Waals surface area contributed by atoms with Crippen LogP contribution in [0.1, 0.15) is 5.56 Å². The summed E-state index contributed by atoms with van der Waals surface area (Å²) in [7, 11) is 0. The summed E-state index contributed by atoms with van der Waals surface area (Å²) in [5.41, 5.74) is 0.741. The van der Waals surface area contributed by atoms with Gasteiger partial charge in [-0.05, 0) is 18.2 Å². The summed E-state index contributed by atoms with van der Waals surface area (Å²) in [6.45, 7) is 4.18. The van der Waals surface area contributed by atoms with E-state index >= 15 is 0 Å². The van der Waals surface area contributed by atoms with E-state index in [1.165, 1.54) is 23.9 Å². The normalized spacial score (nSPS) is 10.6. The number of carbonyl (C=O) groups is 1. The number of thioether (sulfide) groups is 1. The van der Waals surface area contributed by atoms with E-state index < -0.39 is 5.82 Å². The molecule has 0 saturated heterocycles. The van der Waals surface area contributed by atoms with Crippen molar-refractivity contribution in [2.75, 3.05) is 5.75 Å². The molecule has 0 bridgehead atoms. The first-order chi connectivity index (χ1) is 13.6. The largest absolute Gasteiger partial charge is 0.351 e. The Morgan fingerprint density at radius 1 is 1.11 bits per heavy atom. The lowest BCUT2D eigenvalue weighted by Crippen LogP contribution is -2.25. The molecule has 3 rings (SSSR count). The highest BCUT2D eigenvalue weighted by molar-refractivity contribution is 7.99. The Bertz CT molecular complexity index is 990. The third kappa shape index (κ3) is 4.64. The fourth-order valence-electron chi connectivity index (χ4n) is 2.55. The quantitative estimate of drug-likeness (QED) is 0.461. The molecule has 0 aliphatic rings. The SMILES string of the molecule is C=CCn1c(SCC(=O)NCc2ccccc2F)nnc1-c1ccccc1F. The van der Waals surface area contributed by atoms with Crippen molar-refractivity contribution in [1.29, 1.82) is 0 Å². The topological polar surface area (TPSA) is 59.8 Å². The Kier molecular flexibility index (Phi) is 6.54. The molecular weight excluding hydrogens is 382 g/mol. The van der Waals surface area contributed by atoms with E-state index in [9.17, 15) is 13.6 Å². The fourth-order valence-corrected chi connectivity index (χ4v) is 3.33. The maximum atomic E-state index is 14.1. The molecule has 5 nitrogen and oxygen atoms in total. The molecule has 144 valence electrons. The van der Waals surface area contributed by atoms with Gasteiger partial charge in [0, 0.05) is 18.7 Å². The van der Waals surface area contributed by atoms with Crippen molar-refractivity contribution in [3.63, 3.8) is 0 Å². The smallest absolute Gasteiger partial charge is 0.230 e. The lowest BCUT2D eigenvalue weighted by atomic mass is 10.2. The maximum Gasteiger partial charge on any atom is 0.230 e. The monoisotopic (exact) mass is 400 g/mol. The van der Waals surface area contributed by atoms with Gasteiger partial charge in [-0.25, -0.2) is 8.78 Å². The summed E-state index contributed by atoms with van der Waals surface area (Å²) in [5, 5.41) is 11.3. The van der Waals surface area contributed by atoms with Crippen molar-refractivity contribution < 1.29 is 13.6 Å². The van der Waals surface area contributed by atoms with Crippen LogP contribution in [0.15, 0.2) is 66.3 Å². The predicted molar refractivity (Wildman–Crippen MR) is 105 cm³/mol. The van der Waals surface area contributed by atoms with Crippen LogP contribution >= 0.6 is 11.8 Å². The summed E-state index contributed by atoms with van der Waals surface area (Å²) in [6, 6.07) is 12.6. The molecule has 1 aromatic heterocycles. The molecule has 0 unspecified atom stereocenters. The van der Waals surface area contributed by atoms with Crippen LogP contribution in [0.25, 0.3) is 11.4 Å². The molecule has 0 aliphatic heterocycles. The van der Waals surface area contributed by atoms with E-state index in [2.05, 4.69) is 22.1 Å². The van der Waals surface area contributed by atoms with Crippen molar-refractivity contribution in [2.45, 2.75) is 18.2 Å². The molecule has 0 aliphatic carbocycles. The lowest BCUT2D eigenvalue weighted by Gasteiger charge is -2.09. The van der Waals surface area contributed by atoms with Crippen LogP contribution in [0.4, 0.5) is 8.78 Å². The van der Waals surface area contributed by atoms with Gasteiger partial charge >= 0.3 is 0 Å². The number of rotatable bonds is 8. The molecule has 3 aromatic rings. The molecule has 1 amide bonds. The molecule has 0 saturated carbocycles. The minimum absolute atomic E-state index is 0.0704. The number of carbonyl (C=O) groups excluding carboxylic acids is 1. The maximum absolute atomic E-state index is 14.1. The number of amides is 1. The number of hydrogen-bond acceptors (Lipinski definition) is 4. The van der Waals surface area contributed by atoms with E-state index in [-0.39, 0.29) is 24.0 Å². The molecule has 28 heavy (non-hydrogen) atoms. The summed E-state index contributed by atoms with van der Waals surface area (Å²) < 4.78 is 29.4. The molecule has 1 N–H and O–H groups in total. The summed E-state index contributed by atoms with van der Waals surface area (Å²) in [5.74, 6) is -0.600. The number of halogens is 2. The third-order valence-corrected chi connectivity index (χ3v) is 4.88. The number of allylic oxidation sites excluding steroid dienone is 1. The van der Waals surface area contributed by atoms with Crippen LogP contribution in [0.3, 0.4) is 0 Å². The molecule has 8 heteroatoms. The Labute approximate surface area is 165 Å². The first kappa shape index (κ1) is 19.8. The Balaban J connectivity index is 1.67. The molecule has 0 spiro atoms. The second kappa shape index (κ2) is 9.27. The number of aromatic nitrogens is 3. The molecular formula is C20H18F2N4OS. The average Bonchev–Trinajstić information content (AvgIpc) is 3.09. The number of hydrogen-bond donors (Lipinski definition) is 1. The Hall–Kier alpha value is -3.00. The number of benzene rings is 2. The van der Waals surface area contributed by atoms with Crippen molar-refractivity contribution in [3.05, 3.63) is 78.4 Å². The van der Waals surface area contributed by atoms with Gasteiger partial charge in [-0.2, -0.15) is 0 Å². The second-order valence-corrected chi connectivity index (χ2v) is 6.78. The van der Waals surface area contributed by atoms with E-state index in [4.69, 9.17) is 0 Å². The van der Waals surface area contributed by atoms with Crippen LogP contribution in [0.2, 0.25) is 0 Å². The molecule has 1 heterocycles. The molecule has 0 atom stereocenters. The van der Waals surface area contributed by atoms with Gasteiger partial charge in [-0.1, -0.05) is 48.2 Å². The van der Waals surface area contributed by atoms with Gasteiger partial charge in [-0.15, -0.1) is 16.8 Å². The molecule has 0 fully saturated rings. The van der Waals surface area contributed by atoms with Crippen LogP contribution < -0.4 is 5.32 Å². The highest BCUT2D eigenvalue weighted by atomic mass is 32.2. The van der Waals surface area contributed by atoms with Gasteiger partial charge in [0.25, 0.3) is 0 Å². The zero-order chi connectivity index (χ0) is 19.9. The first-order valence-electron chi connectivity index (χ1n) is 8.52. The lowest BCUT2D eigenvalue weighted by molar-refractivity contribution is -0.118. The minimum atomic E-state index is -0.403.